The van der Waals surface area contributed by atoms with E-state index in [2.05, 4.69) is 20.5 Å². The summed E-state index contributed by atoms with van der Waals surface area (Å²) in [5, 5.41) is 26.8. The van der Waals surface area contributed by atoms with Gasteiger partial charge in [0.2, 0.25) is 5.75 Å². The van der Waals surface area contributed by atoms with Crippen molar-refractivity contribution in [2.75, 3.05) is 12.4 Å². The van der Waals surface area contributed by atoms with Gasteiger partial charge in [0.15, 0.2) is 16.7 Å². The number of amides is 1. The first-order valence-electron chi connectivity index (χ1n) is 10.8. The molecule has 0 aliphatic carbocycles. The molecule has 1 aromatic heterocycles. The number of hydrazone groups is 1. The molecule has 0 atom stereocenters. The largest absolute Gasteiger partial charge is 0.490 e. The van der Waals surface area contributed by atoms with Crippen LogP contribution in [0.2, 0.25) is 0 Å². The summed E-state index contributed by atoms with van der Waals surface area (Å²) >= 11 is 1.19. The fourth-order valence-electron chi connectivity index (χ4n) is 3.02. The Kier molecular flexibility index (Phi) is 9.05. The van der Waals surface area contributed by atoms with Crippen LogP contribution in [-0.2, 0) is 4.79 Å². The molecule has 3 rings (SSSR count). The van der Waals surface area contributed by atoms with Gasteiger partial charge in [0, 0.05) is 17.5 Å². The molecule has 2 aromatic carbocycles. The Balaban J connectivity index is 1.69. The summed E-state index contributed by atoms with van der Waals surface area (Å²) in [4.78, 5) is 41.5. The summed E-state index contributed by atoms with van der Waals surface area (Å²) in [6.45, 7) is 5.72. The molecule has 0 unspecified atom stereocenters. The van der Waals surface area contributed by atoms with E-state index in [1.54, 1.807) is 19.1 Å². The normalized spacial score (nSPS) is 10.8. The second kappa shape index (κ2) is 12.4. The molecule has 0 saturated carbocycles. The van der Waals surface area contributed by atoms with Gasteiger partial charge in [0.05, 0.1) is 34.5 Å². The molecule has 1 N–H and O–H groups in total. The minimum atomic E-state index is -0.767. The molecule has 0 aliphatic rings. The number of ether oxygens (including phenoxy) is 2. The van der Waals surface area contributed by atoms with Crippen molar-refractivity contribution in [3.8, 4) is 17.2 Å². The molecule has 0 fully saturated rings. The predicted molar refractivity (Wildman–Crippen MR) is 135 cm³/mol. The third kappa shape index (κ3) is 7.70. The van der Waals surface area contributed by atoms with Gasteiger partial charge in [0.25, 0.3) is 11.6 Å². The Hall–Kier alpha value is -4.59. The van der Waals surface area contributed by atoms with Crippen LogP contribution < -0.4 is 14.9 Å². The van der Waals surface area contributed by atoms with Gasteiger partial charge in [-0.05, 0) is 56.7 Å². The topological polar surface area (TPSA) is 172 Å². The summed E-state index contributed by atoms with van der Waals surface area (Å²) in [5.41, 5.74) is 3.61. The van der Waals surface area contributed by atoms with Gasteiger partial charge in [-0.2, -0.15) is 5.10 Å². The molecule has 14 heteroatoms. The predicted octanol–water partition coefficient (Wildman–Crippen LogP) is 4.34. The number of carbonyl (C=O) groups excluding carboxylic acids is 1. The summed E-state index contributed by atoms with van der Waals surface area (Å²) in [6.07, 6.45) is 1.40. The molecule has 3 aromatic rings. The maximum atomic E-state index is 12.1. The highest BCUT2D eigenvalue weighted by atomic mass is 32.2. The fraction of sp³-hybridized carbons (Fsp3) is 0.217. The summed E-state index contributed by atoms with van der Waals surface area (Å²) < 4.78 is 11.2. The molecule has 0 spiro atoms. The minimum Gasteiger partial charge on any atom is -0.490 e. The number of nitro groups is 2. The Labute approximate surface area is 215 Å². The van der Waals surface area contributed by atoms with Crippen LogP contribution in [0, 0.1) is 34.1 Å². The quantitative estimate of drug-likeness (QED) is 0.124. The van der Waals surface area contributed by atoms with Crippen molar-refractivity contribution in [3.05, 3.63) is 79.6 Å². The van der Waals surface area contributed by atoms with Crippen LogP contribution in [0.3, 0.4) is 0 Å². The molecule has 37 heavy (non-hydrogen) atoms. The number of nitrogens with one attached hydrogen (secondary N) is 1. The average molecular weight is 527 g/mol. The third-order valence-corrected chi connectivity index (χ3v) is 5.38. The number of hydrogen-bond acceptors (Lipinski definition) is 11. The Bertz CT molecular complexity index is 1350. The van der Waals surface area contributed by atoms with E-state index in [0.717, 1.165) is 29.6 Å². The van der Waals surface area contributed by atoms with E-state index in [1.165, 1.54) is 24.0 Å². The summed E-state index contributed by atoms with van der Waals surface area (Å²) in [6, 6.07) is 9.60. The van der Waals surface area contributed by atoms with Crippen LogP contribution in [0.5, 0.6) is 17.2 Å². The first-order valence-corrected chi connectivity index (χ1v) is 11.8. The van der Waals surface area contributed by atoms with E-state index in [4.69, 9.17) is 9.47 Å². The Morgan fingerprint density at radius 2 is 1.73 bits per heavy atom. The first kappa shape index (κ1) is 27.0. The lowest BCUT2D eigenvalue weighted by atomic mass is 10.2. The van der Waals surface area contributed by atoms with E-state index in [1.807, 2.05) is 19.9 Å². The lowest BCUT2D eigenvalue weighted by Gasteiger charge is -2.12. The van der Waals surface area contributed by atoms with Crippen molar-refractivity contribution in [2.24, 2.45) is 5.10 Å². The van der Waals surface area contributed by atoms with E-state index in [0.29, 0.717) is 10.7 Å². The summed E-state index contributed by atoms with van der Waals surface area (Å²) in [7, 11) is 0. The van der Waals surface area contributed by atoms with Crippen LogP contribution in [0.25, 0.3) is 0 Å². The Morgan fingerprint density at radius 1 is 1.03 bits per heavy atom. The van der Waals surface area contributed by atoms with Gasteiger partial charge in [-0.3, -0.25) is 25.0 Å². The number of rotatable bonds is 11. The Morgan fingerprint density at radius 3 is 2.38 bits per heavy atom. The van der Waals surface area contributed by atoms with Gasteiger partial charge in [-0.15, -0.1) is 0 Å². The van der Waals surface area contributed by atoms with E-state index >= 15 is 0 Å². The maximum absolute atomic E-state index is 12.1. The number of nitrogens with zero attached hydrogens (tertiary/aromatic N) is 5. The lowest BCUT2D eigenvalue weighted by Crippen LogP contribution is -2.19. The third-order valence-electron chi connectivity index (χ3n) is 4.53. The van der Waals surface area contributed by atoms with Crippen LogP contribution in [0.15, 0.2) is 52.7 Å². The SMILES string of the molecule is CCOc1cc(/C=N/NC(=O)CSc2nc(C)cc(C)n2)ccc1Oc1ccc([N+](=O)[O-])cc1[N+](=O)[O-]. The fourth-order valence-corrected chi connectivity index (χ4v) is 3.77. The van der Waals surface area contributed by atoms with E-state index in [-0.39, 0.29) is 35.5 Å². The second-order valence-electron chi connectivity index (χ2n) is 7.42. The highest BCUT2D eigenvalue weighted by Gasteiger charge is 2.22. The lowest BCUT2D eigenvalue weighted by molar-refractivity contribution is -0.394. The van der Waals surface area contributed by atoms with Gasteiger partial charge < -0.3 is 9.47 Å². The van der Waals surface area contributed by atoms with Gasteiger partial charge in [-0.1, -0.05) is 11.8 Å². The standard InChI is InChI=1S/C23H22N6O7S/c1-4-35-21-10-16(12-24-27-22(30)13-37-23-25-14(2)9-15(3)26-23)5-7-20(21)36-19-8-6-17(28(31)32)11-18(19)29(33)34/h5-12H,4,13H2,1-3H3,(H,27,30)/b24-12+. The van der Waals surface area contributed by atoms with Crippen molar-refractivity contribution in [2.45, 2.75) is 25.9 Å². The number of aromatic nitrogens is 2. The number of benzene rings is 2. The zero-order valence-corrected chi connectivity index (χ0v) is 20.9. The van der Waals surface area contributed by atoms with E-state index in [9.17, 15) is 25.0 Å². The number of hydrogen-bond donors (Lipinski definition) is 1. The number of non-ortho nitro benzene ring substituents is 1. The van der Waals surface area contributed by atoms with Crippen molar-refractivity contribution in [1.82, 2.24) is 15.4 Å². The zero-order valence-electron chi connectivity index (χ0n) is 20.0. The molecular formula is C23H22N6O7S. The molecule has 0 radical (unpaired) electrons. The monoisotopic (exact) mass is 526 g/mol. The van der Waals surface area contributed by atoms with Crippen molar-refractivity contribution < 1.29 is 24.1 Å². The highest BCUT2D eigenvalue weighted by Crippen LogP contribution is 2.38. The minimum absolute atomic E-state index is 0.0746. The highest BCUT2D eigenvalue weighted by molar-refractivity contribution is 7.99. The number of nitro benzene ring substituents is 2. The molecule has 192 valence electrons. The molecule has 1 heterocycles. The van der Waals surface area contributed by atoms with Crippen LogP contribution in [0.1, 0.15) is 23.9 Å². The molecule has 0 bridgehead atoms. The van der Waals surface area contributed by atoms with Crippen molar-refractivity contribution in [3.63, 3.8) is 0 Å². The average Bonchev–Trinajstić information content (AvgIpc) is 2.84. The molecule has 0 saturated heterocycles. The van der Waals surface area contributed by atoms with E-state index < -0.39 is 21.2 Å². The molecule has 1 amide bonds. The van der Waals surface area contributed by atoms with Crippen LogP contribution in [0.4, 0.5) is 11.4 Å². The second-order valence-corrected chi connectivity index (χ2v) is 8.37. The zero-order chi connectivity index (χ0) is 26.9. The van der Waals surface area contributed by atoms with Gasteiger partial charge in [0.1, 0.15) is 0 Å². The van der Waals surface area contributed by atoms with Gasteiger partial charge >= 0.3 is 5.69 Å². The van der Waals surface area contributed by atoms with Crippen molar-refractivity contribution in [1.29, 1.82) is 0 Å². The molecule has 0 aliphatic heterocycles. The smallest absolute Gasteiger partial charge is 0.318 e. The number of carbonyl (C=O) groups is 1. The van der Waals surface area contributed by atoms with Gasteiger partial charge in [-0.25, -0.2) is 15.4 Å². The van der Waals surface area contributed by atoms with Crippen LogP contribution >= 0.6 is 11.8 Å². The van der Waals surface area contributed by atoms with Crippen molar-refractivity contribution >= 4 is 35.3 Å². The maximum Gasteiger partial charge on any atom is 0.318 e. The van der Waals surface area contributed by atoms with Crippen LogP contribution in [-0.4, -0.2) is 44.3 Å². The summed E-state index contributed by atoms with van der Waals surface area (Å²) in [5.74, 6) is -0.0432. The first-order chi connectivity index (χ1) is 17.7. The molecular weight excluding hydrogens is 504 g/mol. The molecule has 13 nitrogen and oxygen atoms in total. The number of thioether (sulfide) groups is 1. The number of aryl methyl sites for hydroxylation is 2.